The molecule has 4 atom stereocenters. The van der Waals surface area contributed by atoms with Crippen molar-refractivity contribution in [1.82, 2.24) is 20.1 Å². The molecule has 1 aromatic heterocycles. The second-order valence-electron chi connectivity index (χ2n) is 7.10. The minimum atomic E-state index is 0.127. The number of thiazole rings is 1. The molecule has 1 N–H and O–H groups in total. The van der Waals surface area contributed by atoms with Crippen molar-refractivity contribution in [3.05, 3.63) is 16.6 Å². The summed E-state index contributed by atoms with van der Waals surface area (Å²) in [7, 11) is 0. The normalized spacial score (nSPS) is 36.0. The SMILES string of the molecule is C[C@@H]1COCCN1C1CC(=O)NC(N2CCCC2c2nccs2)C1. The van der Waals surface area contributed by atoms with Crippen LogP contribution in [0.3, 0.4) is 0 Å². The molecule has 4 rings (SSSR count). The Kier molecular flexibility index (Phi) is 4.85. The quantitative estimate of drug-likeness (QED) is 0.897. The van der Waals surface area contributed by atoms with Gasteiger partial charge in [0.2, 0.25) is 5.91 Å². The number of amides is 1. The van der Waals surface area contributed by atoms with Crippen LogP contribution in [-0.2, 0) is 9.53 Å². The van der Waals surface area contributed by atoms with Crippen LogP contribution < -0.4 is 5.32 Å². The van der Waals surface area contributed by atoms with Crippen molar-refractivity contribution in [2.24, 2.45) is 0 Å². The summed E-state index contributed by atoms with van der Waals surface area (Å²) in [6, 6.07) is 1.07. The largest absolute Gasteiger partial charge is 0.379 e. The van der Waals surface area contributed by atoms with Gasteiger partial charge in [0.15, 0.2) is 0 Å². The number of carbonyl (C=O) groups is 1. The van der Waals surface area contributed by atoms with Crippen molar-refractivity contribution in [2.75, 3.05) is 26.3 Å². The average molecular weight is 350 g/mol. The predicted octanol–water partition coefficient (Wildman–Crippen LogP) is 1.61. The summed E-state index contributed by atoms with van der Waals surface area (Å²) in [5.41, 5.74) is 0. The number of likely N-dealkylation sites (tertiary alicyclic amines) is 1. The van der Waals surface area contributed by atoms with E-state index in [9.17, 15) is 4.79 Å². The average Bonchev–Trinajstić information content (AvgIpc) is 3.26. The van der Waals surface area contributed by atoms with E-state index in [1.807, 2.05) is 11.6 Å². The summed E-state index contributed by atoms with van der Waals surface area (Å²) in [4.78, 5) is 21.8. The van der Waals surface area contributed by atoms with Gasteiger partial charge in [-0.05, 0) is 26.2 Å². The minimum Gasteiger partial charge on any atom is -0.379 e. The number of hydrogen-bond acceptors (Lipinski definition) is 6. The maximum Gasteiger partial charge on any atom is 0.222 e. The number of aromatic nitrogens is 1. The van der Waals surface area contributed by atoms with Crippen molar-refractivity contribution in [3.8, 4) is 0 Å². The van der Waals surface area contributed by atoms with Gasteiger partial charge in [0, 0.05) is 43.2 Å². The summed E-state index contributed by atoms with van der Waals surface area (Å²) < 4.78 is 5.56. The number of morpholine rings is 1. The lowest BCUT2D eigenvalue weighted by Gasteiger charge is -2.45. The number of nitrogens with one attached hydrogen (secondary N) is 1. The van der Waals surface area contributed by atoms with E-state index in [-0.39, 0.29) is 12.1 Å². The predicted molar refractivity (Wildman–Crippen MR) is 92.7 cm³/mol. The van der Waals surface area contributed by atoms with E-state index in [4.69, 9.17) is 4.74 Å². The molecule has 3 aliphatic heterocycles. The fraction of sp³-hybridized carbons (Fsp3) is 0.765. The number of ether oxygens (including phenoxy) is 1. The highest BCUT2D eigenvalue weighted by atomic mass is 32.1. The van der Waals surface area contributed by atoms with E-state index in [0.29, 0.717) is 24.5 Å². The molecule has 0 aliphatic carbocycles. The molecule has 4 heterocycles. The smallest absolute Gasteiger partial charge is 0.222 e. The molecule has 0 spiro atoms. The molecule has 1 aromatic rings. The van der Waals surface area contributed by atoms with Crippen LogP contribution in [0.2, 0.25) is 0 Å². The van der Waals surface area contributed by atoms with Gasteiger partial charge >= 0.3 is 0 Å². The zero-order valence-electron chi connectivity index (χ0n) is 14.2. The second kappa shape index (κ2) is 7.07. The molecule has 0 radical (unpaired) electrons. The second-order valence-corrected chi connectivity index (χ2v) is 8.03. The van der Waals surface area contributed by atoms with E-state index < -0.39 is 0 Å². The lowest BCUT2D eigenvalue weighted by molar-refractivity contribution is -0.130. The Hall–Kier alpha value is -1.02. The molecule has 1 amide bonds. The highest BCUT2D eigenvalue weighted by Crippen LogP contribution is 2.36. The van der Waals surface area contributed by atoms with Gasteiger partial charge < -0.3 is 10.1 Å². The molecule has 3 saturated heterocycles. The van der Waals surface area contributed by atoms with Crippen molar-refractivity contribution in [2.45, 2.75) is 56.9 Å². The molecule has 3 unspecified atom stereocenters. The molecule has 7 heteroatoms. The molecule has 6 nitrogen and oxygen atoms in total. The Bertz CT molecular complexity index is 567. The van der Waals surface area contributed by atoms with E-state index >= 15 is 0 Å². The first-order valence-electron chi connectivity index (χ1n) is 9.00. The van der Waals surface area contributed by atoms with Gasteiger partial charge in [0.1, 0.15) is 5.01 Å². The monoisotopic (exact) mass is 350 g/mol. The van der Waals surface area contributed by atoms with Crippen LogP contribution in [0.1, 0.15) is 43.7 Å². The lowest BCUT2D eigenvalue weighted by atomic mass is 9.98. The van der Waals surface area contributed by atoms with E-state index in [0.717, 1.165) is 39.1 Å². The van der Waals surface area contributed by atoms with Crippen LogP contribution in [-0.4, -0.2) is 65.2 Å². The molecular formula is C17H26N4O2S. The van der Waals surface area contributed by atoms with Crippen molar-refractivity contribution in [1.29, 1.82) is 0 Å². The molecule has 3 fully saturated rings. The third-order valence-corrected chi connectivity index (χ3v) is 6.44. The van der Waals surface area contributed by atoms with Crippen LogP contribution in [0.4, 0.5) is 0 Å². The zero-order valence-corrected chi connectivity index (χ0v) is 15.0. The van der Waals surface area contributed by atoms with Crippen molar-refractivity contribution >= 4 is 17.2 Å². The first-order valence-corrected chi connectivity index (χ1v) is 9.88. The van der Waals surface area contributed by atoms with Crippen LogP contribution in [0.15, 0.2) is 11.6 Å². The number of rotatable bonds is 3. The number of piperidine rings is 1. The van der Waals surface area contributed by atoms with E-state index in [1.165, 1.54) is 11.4 Å². The van der Waals surface area contributed by atoms with Crippen LogP contribution in [0.5, 0.6) is 0 Å². The highest BCUT2D eigenvalue weighted by molar-refractivity contribution is 7.09. The van der Waals surface area contributed by atoms with Gasteiger partial charge in [0.25, 0.3) is 0 Å². The standard InChI is InChI=1S/C17H26N4O2S/c1-12-11-23-7-6-20(12)13-9-15(19-16(22)10-13)21-5-2-3-14(21)17-18-4-8-24-17/h4,8,12-15H,2-3,5-7,9-11H2,1H3,(H,19,22)/t12-,13?,14?,15?/m1/s1. The van der Waals surface area contributed by atoms with Gasteiger partial charge in [-0.3, -0.25) is 14.6 Å². The maximum absolute atomic E-state index is 12.4. The molecular weight excluding hydrogens is 324 g/mol. The van der Waals surface area contributed by atoms with Crippen LogP contribution >= 0.6 is 11.3 Å². The van der Waals surface area contributed by atoms with Gasteiger partial charge in [-0.25, -0.2) is 4.98 Å². The number of nitrogens with zero attached hydrogens (tertiary/aromatic N) is 3. The molecule has 24 heavy (non-hydrogen) atoms. The fourth-order valence-corrected chi connectivity index (χ4v) is 5.23. The maximum atomic E-state index is 12.4. The molecule has 0 saturated carbocycles. The molecule has 0 aromatic carbocycles. The van der Waals surface area contributed by atoms with Crippen LogP contribution in [0.25, 0.3) is 0 Å². The van der Waals surface area contributed by atoms with Gasteiger partial charge in [-0.1, -0.05) is 0 Å². The molecule has 132 valence electrons. The van der Waals surface area contributed by atoms with Crippen LogP contribution in [0, 0.1) is 0 Å². The lowest BCUT2D eigenvalue weighted by Crippen LogP contribution is -2.59. The van der Waals surface area contributed by atoms with Gasteiger partial charge in [0.05, 0.1) is 25.4 Å². The Morgan fingerprint density at radius 2 is 2.29 bits per heavy atom. The topological polar surface area (TPSA) is 57.7 Å². The third-order valence-electron chi connectivity index (χ3n) is 5.56. The Labute approximate surface area is 147 Å². The summed E-state index contributed by atoms with van der Waals surface area (Å²) in [5, 5.41) is 6.47. The van der Waals surface area contributed by atoms with Gasteiger partial charge in [-0.15, -0.1) is 11.3 Å². The van der Waals surface area contributed by atoms with Gasteiger partial charge in [-0.2, -0.15) is 0 Å². The summed E-state index contributed by atoms with van der Waals surface area (Å²) in [6.07, 6.45) is 5.93. The summed E-state index contributed by atoms with van der Waals surface area (Å²) in [6.45, 7) is 5.73. The first kappa shape index (κ1) is 16.4. The number of hydrogen-bond donors (Lipinski definition) is 1. The zero-order chi connectivity index (χ0) is 16.5. The third kappa shape index (κ3) is 3.22. The van der Waals surface area contributed by atoms with Crippen molar-refractivity contribution < 1.29 is 9.53 Å². The summed E-state index contributed by atoms with van der Waals surface area (Å²) in [5.74, 6) is 0.180. The highest BCUT2D eigenvalue weighted by Gasteiger charge is 2.40. The number of carbonyl (C=O) groups excluding carboxylic acids is 1. The van der Waals surface area contributed by atoms with E-state index in [2.05, 4.69) is 27.0 Å². The first-order chi connectivity index (χ1) is 11.7. The Balaban J connectivity index is 1.49. The van der Waals surface area contributed by atoms with E-state index in [1.54, 1.807) is 11.3 Å². The minimum absolute atomic E-state index is 0.127. The van der Waals surface area contributed by atoms with Crippen molar-refractivity contribution in [3.63, 3.8) is 0 Å². The fourth-order valence-electron chi connectivity index (χ4n) is 4.44. The Morgan fingerprint density at radius 3 is 3.08 bits per heavy atom. The molecule has 0 bridgehead atoms. The summed E-state index contributed by atoms with van der Waals surface area (Å²) >= 11 is 1.73. The Morgan fingerprint density at radius 1 is 1.38 bits per heavy atom. The molecule has 3 aliphatic rings.